The summed E-state index contributed by atoms with van der Waals surface area (Å²) in [5.41, 5.74) is -0.498. The maximum Gasteiger partial charge on any atom is 0.320 e. The van der Waals surface area contributed by atoms with Crippen LogP contribution in [-0.2, 0) is 23.8 Å². The number of piperidine rings is 1. The first kappa shape index (κ1) is 17.3. The van der Waals surface area contributed by atoms with Crippen molar-refractivity contribution in [1.82, 2.24) is 4.90 Å². The van der Waals surface area contributed by atoms with Gasteiger partial charge in [-0.25, -0.2) is 0 Å². The summed E-state index contributed by atoms with van der Waals surface area (Å²) in [5.74, 6) is 0.253. The molecule has 0 amide bonds. The lowest BCUT2D eigenvalue weighted by atomic mass is 9.88. The van der Waals surface area contributed by atoms with Gasteiger partial charge in [0.05, 0.1) is 12.8 Å². The number of hydrogen-bond acceptors (Lipinski definition) is 6. The minimum absolute atomic E-state index is 0.0387. The van der Waals surface area contributed by atoms with Crippen molar-refractivity contribution in [3.63, 3.8) is 0 Å². The first-order valence-corrected chi connectivity index (χ1v) is 9.43. The van der Waals surface area contributed by atoms with Crippen LogP contribution in [0.25, 0.3) is 0 Å². The third-order valence-corrected chi connectivity index (χ3v) is 4.25. The molecule has 2 heterocycles. The van der Waals surface area contributed by atoms with Crippen LogP contribution in [0.4, 0.5) is 0 Å². The Morgan fingerprint density at radius 2 is 2.05 bits per heavy atom. The molecule has 2 bridgehead atoms. The highest BCUT2D eigenvalue weighted by Crippen LogP contribution is 2.34. The van der Waals surface area contributed by atoms with Crippen molar-refractivity contribution in [2.45, 2.75) is 64.1 Å². The molecular formula is C15H25NO5S. The molecule has 2 rings (SSSR count). The van der Waals surface area contributed by atoms with Crippen LogP contribution in [0.1, 0.15) is 46.5 Å². The second kappa shape index (κ2) is 6.20. The molecule has 7 heteroatoms. The average molecular weight is 331 g/mol. The molecule has 0 aliphatic carbocycles. The number of carbonyl (C=O) groups excluding carboxylic acids is 1. The van der Waals surface area contributed by atoms with E-state index in [1.54, 1.807) is 0 Å². The van der Waals surface area contributed by atoms with Crippen LogP contribution in [0, 0.1) is 0 Å². The highest BCUT2D eigenvalue weighted by atomic mass is 32.2. The van der Waals surface area contributed by atoms with Crippen LogP contribution in [0.2, 0.25) is 0 Å². The summed E-state index contributed by atoms with van der Waals surface area (Å²) in [6.07, 6.45) is 6.31. The lowest BCUT2D eigenvalue weighted by Crippen LogP contribution is -2.51. The zero-order valence-corrected chi connectivity index (χ0v) is 14.5. The number of fused-ring (bicyclic) bond motifs is 2. The molecule has 0 aromatic carbocycles. The molecular weight excluding hydrogens is 306 g/mol. The molecule has 2 aliphatic rings. The van der Waals surface area contributed by atoms with Crippen molar-refractivity contribution < 1.29 is 22.1 Å². The number of nitrogens with zero attached hydrogens (tertiary/aromatic N) is 1. The Bertz CT molecular complexity index is 561. The number of hydrogen-bond donors (Lipinski definition) is 0. The third-order valence-electron chi connectivity index (χ3n) is 3.74. The largest absolute Gasteiger partial charge is 0.459 e. The molecule has 0 radical (unpaired) electrons. The van der Waals surface area contributed by atoms with Gasteiger partial charge in [0, 0.05) is 18.5 Å². The van der Waals surface area contributed by atoms with Gasteiger partial charge in [-0.2, -0.15) is 8.42 Å². The van der Waals surface area contributed by atoms with Gasteiger partial charge in [-0.05, 0) is 39.7 Å². The van der Waals surface area contributed by atoms with Crippen LogP contribution in [-0.4, -0.2) is 49.8 Å². The predicted molar refractivity (Wildman–Crippen MR) is 82.6 cm³/mol. The molecule has 0 saturated carbocycles. The van der Waals surface area contributed by atoms with Crippen LogP contribution < -0.4 is 0 Å². The van der Waals surface area contributed by atoms with E-state index < -0.39 is 15.7 Å². The van der Waals surface area contributed by atoms with Crippen molar-refractivity contribution in [1.29, 1.82) is 0 Å². The first-order chi connectivity index (χ1) is 10.0. The van der Waals surface area contributed by atoms with E-state index in [9.17, 15) is 13.2 Å². The Morgan fingerprint density at radius 3 is 2.59 bits per heavy atom. The molecule has 2 unspecified atom stereocenters. The number of rotatable bonds is 4. The summed E-state index contributed by atoms with van der Waals surface area (Å²) in [6.45, 7) is 5.77. The van der Waals surface area contributed by atoms with E-state index in [1.807, 2.05) is 26.8 Å². The number of esters is 1. The van der Waals surface area contributed by atoms with Gasteiger partial charge in [0.25, 0.3) is 0 Å². The van der Waals surface area contributed by atoms with Crippen LogP contribution in [0.3, 0.4) is 0 Å². The Hall–Kier alpha value is -1.08. The second-order valence-electron chi connectivity index (χ2n) is 7.04. The highest BCUT2D eigenvalue weighted by Gasteiger charge is 2.37. The van der Waals surface area contributed by atoms with Crippen molar-refractivity contribution in [3.05, 3.63) is 11.8 Å². The highest BCUT2D eigenvalue weighted by molar-refractivity contribution is 7.86. The van der Waals surface area contributed by atoms with Crippen LogP contribution in [0.5, 0.6) is 0 Å². The molecule has 0 aromatic rings. The van der Waals surface area contributed by atoms with Gasteiger partial charge in [0.2, 0.25) is 0 Å². The molecule has 126 valence electrons. The van der Waals surface area contributed by atoms with Crippen molar-refractivity contribution in [2.75, 3.05) is 12.8 Å². The van der Waals surface area contributed by atoms with Gasteiger partial charge in [-0.3, -0.25) is 9.69 Å². The smallest absolute Gasteiger partial charge is 0.320 e. The Kier molecular flexibility index (Phi) is 4.87. The van der Waals surface area contributed by atoms with Crippen molar-refractivity contribution in [2.24, 2.45) is 0 Å². The average Bonchev–Trinajstić information content (AvgIpc) is 2.25. The fourth-order valence-corrected chi connectivity index (χ4v) is 3.62. The zero-order valence-electron chi connectivity index (χ0n) is 13.7. The summed E-state index contributed by atoms with van der Waals surface area (Å²) < 4.78 is 33.0. The monoisotopic (exact) mass is 331 g/mol. The topological polar surface area (TPSA) is 72.9 Å². The first-order valence-electron chi connectivity index (χ1n) is 7.61. The molecule has 0 spiro atoms. The van der Waals surface area contributed by atoms with E-state index in [4.69, 9.17) is 8.92 Å². The van der Waals surface area contributed by atoms with Gasteiger partial charge in [-0.1, -0.05) is 6.42 Å². The van der Waals surface area contributed by atoms with E-state index >= 15 is 0 Å². The summed E-state index contributed by atoms with van der Waals surface area (Å²) in [6, 6.07) is 0.171. The van der Waals surface area contributed by atoms with E-state index in [0.29, 0.717) is 12.2 Å². The quantitative estimate of drug-likeness (QED) is 0.578. The Balaban J connectivity index is 2.07. The van der Waals surface area contributed by atoms with Gasteiger partial charge in [0.15, 0.2) is 0 Å². The number of ether oxygens (including phenoxy) is 1. The summed E-state index contributed by atoms with van der Waals surface area (Å²) >= 11 is 0. The number of carbonyl (C=O) groups is 1. The molecule has 1 fully saturated rings. The lowest BCUT2D eigenvalue weighted by molar-refractivity contribution is -0.158. The van der Waals surface area contributed by atoms with E-state index in [-0.39, 0.29) is 24.6 Å². The molecule has 2 aliphatic heterocycles. The van der Waals surface area contributed by atoms with E-state index in [0.717, 1.165) is 25.5 Å². The molecule has 2 atom stereocenters. The third kappa shape index (κ3) is 4.98. The lowest BCUT2D eigenvalue weighted by Gasteiger charge is -2.44. The fraction of sp³-hybridized carbons (Fsp3) is 0.800. The van der Waals surface area contributed by atoms with Gasteiger partial charge in [-0.15, -0.1) is 0 Å². The van der Waals surface area contributed by atoms with Gasteiger partial charge >= 0.3 is 16.1 Å². The van der Waals surface area contributed by atoms with Crippen LogP contribution >= 0.6 is 0 Å². The predicted octanol–water partition coefficient (Wildman–Crippen LogP) is 1.81. The fourth-order valence-electron chi connectivity index (χ4n) is 3.10. The Morgan fingerprint density at radius 1 is 1.36 bits per heavy atom. The zero-order chi connectivity index (χ0) is 16.5. The standard InChI is InChI=1S/C15H25NO5S/c1-15(2,3)20-14(17)10-16-11-6-5-7-12(16)9-13(8-11)21-22(4,18)19/h8,11-12H,5-7,9-10H2,1-4H3. The molecule has 22 heavy (non-hydrogen) atoms. The SMILES string of the molecule is CC(C)(C)OC(=O)CN1C2C=C(OS(C)(=O)=O)CC1CCC2. The summed E-state index contributed by atoms with van der Waals surface area (Å²) in [5, 5.41) is 0. The molecule has 0 aromatic heterocycles. The van der Waals surface area contributed by atoms with Gasteiger partial charge in [0.1, 0.15) is 11.4 Å². The second-order valence-corrected chi connectivity index (χ2v) is 8.61. The minimum atomic E-state index is -3.50. The normalized spacial score (nSPS) is 26.3. The maximum absolute atomic E-state index is 12.1. The summed E-state index contributed by atoms with van der Waals surface area (Å²) in [7, 11) is -3.50. The van der Waals surface area contributed by atoms with Gasteiger partial charge < -0.3 is 8.92 Å². The molecule has 1 saturated heterocycles. The Labute approximate surface area is 132 Å². The van der Waals surface area contributed by atoms with E-state index in [2.05, 4.69) is 4.90 Å². The molecule has 0 N–H and O–H groups in total. The minimum Gasteiger partial charge on any atom is -0.459 e. The molecule has 6 nitrogen and oxygen atoms in total. The van der Waals surface area contributed by atoms with Crippen LogP contribution in [0.15, 0.2) is 11.8 Å². The van der Waals surface area contributed by atoms with E-state index in [1.165, 1.54) is 0 Å². The van der Waals surface area contributed by atoms with Crippen molar-refractivity contribution >= 4 is 16.1 Å². The summed E-state index contributed by atoms with van der Waals surface area (Å²) in [4.78, 5) is 14.2. The maximum atomic E-state index is 12.1. The van der Waals surface area contributed by atoms with Crippen molar-refractivity contribution in [3.8, 4) is 0 Å².